The minimum absolute atomic E-state index is 0.481. The Hall–Kier alpha value is -2.83. The Kier molecular flexibility index (Phi) is 7.83. The second-order valence-electron chi connectivity index (χ2n) is 6.61. The Morgan fingerprint density at radius 2 is 1.77 bits per heavy atom. The zero-order valence-corrected chi connectivity index (χ0v) is 15.8. The minimum atomic E-state index is -1.10. The molecule has 7 nitrogen and oxygen atoms in total. The molecule has 0 unspecified atom stereocenters. The van der Waals surface area contributed by atoms with Crippen molar-refractivity contribution in [2.45, 2.75) is 46.3 Å². The van der Waals surface area contributed by atoms with Gasteiger partial charge in [0, 0.05) is 11.6 Å². The maximum atomic E-state index is 11.9. The number of rotatable bonds is 6. The normalized spacial score (nSPS) is 12.3. The molecule has 142 valence electrons. The third-order valence-corrected chi connectivity index (χ3v) is 2.99. The Morgan fingerprint density at radius 3 is 2.31 bits per heavy atom. The Morgan fingerprint density at radius 1 is 1.15 bits per heavy atom. The molecule has 2 N–H and O–H groups in total. The van der Waals surface area contributed by atoms with E-state index in [9.17, 15) is 14.4 Å². The van der Waals surface area contributed by atoms with Crippen LogP contribution in [0, 0.1) is 0 Å². The van der Waals surface area contributed by atoms with Crippen molar-refractivity contribution in [2.24, 2.45) is 0 Å². The molecule has 0 aliphatic rings. The summed E-state index contributed by atoms with van der Waals surface area (Å²) in [6.07, 6.45) is 1.68. The van der Waals surface area contributed by atoms with E-state index in [1.165, 1.54) is 13.0 Å². The van der Waals surface area contributed by atoms with E-state index in [4.69, 9.17) is 9.47 Å². The summed E-state index contributed by atoms with van der Waals surface area (Å²) in [6, 6.07) is 6.52. The van der Waals surface area contributed by atoms with Crippen LogP contribution in [0.1, 0.15) is 40.2 Å². The van der Waals surface area contributed by atoms with Gasteiger partial charge in [-0.1, -0.05) is 12.1 Å². The van der Waals surface area contributed by atoms with Gasteiger partial charge in [-0.05, 0) is 58.4 Å². The Balaban J connectivity index is 2.50. The number of hydrogen-bond donors (Lipinski definition) is 2. The van der Waals surface area contributed by atoms with E-state index in [-0.39, 0.29) is 0 Å². The SMILES string of the molecule is CCOc1ccc(/C=C/C(=O)O[C@@H](C)C(=O)NC(=O)NC(C)(C)C)cc1. The summed E-state index contributed by atoms with van der Waals surface area (Å²) >= 11 is 0. The minimum Gasteiger partial charge on any atom is -0.494 e. The highest BCUT2D eigenvalue weighted by Gasteiger charge is 2.21. The third-order valence-electron chi connectivity index (χ3n) is 2.99. The van der Waals surface area contributed by atoms with E-state index >= 15 is 0 Å². The first-order valence-corrected chi connectivity index (χ1v) is 8.35. The Labute approximate surface area is 153 Å². The summed E-state index contributed by atoms with van der Waals surface area (Å²) < 4.78 is 10.3. The predicted octanol–water partition coefficient (Wildman–Crippen LogP) is 2.65. The molecule has 1 aromatic carbocycles. The number of hydrogen-bond acceptors (Lipinski definition) is 5. The number of amides is 3. The van der Waals surface area contributed by atoms with Gasteiger partial charge in [0.15, 0.2) is 6.10 Å². The molecule has 0 radical (unpaired) electrons. The van der Waals surface area contributed by atoms with Crippen molar-refractivity contribution in [1.29, 1.82) is 0 Å². The number of ether oxygens (including phenoxy) is 2. The smallest absolute Gasteiger partial charge is 0.331 e. The van der Waals surface area contributed by atoms with Gasteiger partial charge in [0.05, 0.1) is 6.61 Å². The number of carbonyl (C=O) groups excluding carboxylic acids is 3. The lowest BCUT2D eigenvalue weighted by Gasteiger charge is -2.21. The standard InChI is InChI=1S/C19H26N2O5/c1-6-25-15-10-7-14(8-11-15)9-12-16(22)26-13(2)17(23)20-18(24)21-19(3,4)5/h7-13H,6H2,1-5H3,(H2,20,21,23,24)/b12-9+/t13-/m0/s1. The molecule has 1 atom stereocenters. The summed E-state index contributed by atoms with van der Waals surface area (Å²) in [5.74, 6) is -0.640. The van der Waals surface area contributed by atoms with Gasteiger partial charge in [-0.25, -0.2) is 9.59 Å². The highest BCUT2D eigenvalue weighted by Crippen LogP contribution is 2.13. The first-order chi connectivity index (χ1) is 12.1. The number of urea groups is 1. The molecule has 0 aromatic heterocycles. The van der Waals surface area contributed by atoms with Crippen LogP contribution >= 0.6 is 0 Å². The maximum Gasteiger partial charge on any atom is 0.331 e. The van der Waals surface area contributed by atoms with Crippen molar-refractivity contribution in [3.8, 4) is 5.75 Å². The average molecular weight is 362 g/mol. The molecular weight excluding hydrogens is 336 g/mol. The van der Waals surface area contributed by atoms with E-state index in [1.807, 2.05) is 6.92 Å². The van der Waals surface area contributed by atoms with E-state index < -0.39 is 29.6 Å². The van der Waals surface area contributed by atoms with Crippen molar-refractivity contribution < 1.29 is 23.9 Å². The van der Waals surface area contributed by atoms with Gasteiger partial charge in [-0.2, -0.15) is 0 Å². The van der Waals surface area contributed by atoms with E-state index in [0.29, 0.717) is 6.61 Å². The third kappa shape index (κ3) is 8.32. The van der Waals surface area contributed by atoms with Crippen LogP contribution in [0.5, 0.6) is 5.75 Å². The van der Waals surface area contributed by atoms with Crippen LogP contribution in [0.2, 0.25) is 0 Å². The van der Waals surface area contributed by atoms with E-state index in [2.05, 4.69) is 10.6 Å². The zero-order valence-electron chi connectivity index (χ0n) is 15.8. The van der Waals surface area contributed by atoms with Crippen molar-refractivity contribution in [3.63, 3.8) is 0 Å². The number of carbonyl (C=O) groups is 3. The van der Waals surface area contributed by atoms with E-state index in [0.717, 1.165) is 11.3 Å². The molecule has 0 spiro atoms. The first kappa shape index (κ1) is 21.2. The molecular formula is C19H26N2O5. The van der Waals surface area contributed by atoms with Gasteiger partial charge in [0.25, 0.3) is 5.91 Å². The molecule has 0 aliphatic heterocycles. The van der Waals surface area contributed by atoms with Gasteiger partial charge >= 0.3 is 12.0 Å². The van der Waals surface area contributed by atoms with Crippen molar-refractivity contribution in [3.05, 3.63) is 35.9 Å². The van der Waals surface area contributed by atoms with Crippen molar-refractivity contribution in [1.82, 2.24) is 10.6 Å². The van der Waals surface area contributed by atoms with Crippen LogP contribution < -0.4 is 15.4 Å². The highest BCUT2D eigenvalue weighted by molar-refractivity contribution is 5.98. The van der Waals surface area contributed by atoms with Crippen LogP contribution in [0.4, 0.5) is 4.79 Å². The van der Waals surface area contributed by atoms with E-state index in [1.54, 1.807) is 51.1 Å². The molecule has 0 aliphatic carbocycles. The molecule has 0 saturated heterocycles. The lowest BCUT2D eigenvalue weighted by atomic mass is 10.1. The molecule has 0 fully saturated rings. The van der Waals surface area contributed by atoms with Gasteiger partial charge in [0.2, 0.25) is 0 Å². The predicted molar refractivity (Wildman–Crippen MR) is 98.6 cm³/mol. The van der Waals surface area contributed by atoms with Gasteiger partial charge in [-0.3, -0.25) is 10.1 Å². The summed E-state index contributed by atoms with van der Waals surface area (Å²) in [5, 5.41) is 4.71. The molecule has 3 amide bonds. The molecule has 0 heterocycles. The first-order valence-electron chi connectivity index (χ1n) is 8.35. The average Bonchev–Trinajstić information content (AvgIpc) is 2.52. The fourth-order valence-electron chi connectivity index (χ4n) is 1.86. The van der Waals surface area contributed by atoms with Gasteiger partial charge < -0.3 is 14.8 Å². The highest BCUT2D eigenvalue weighted by atomic mass is 16.5. The quantitative estimate of drug-likeness (QED) is 0.599. The molecule has 0 saturated carbocycles. The second-order valence-corrected chi connectivity index (χ2v) is 6.61. The lowest BCUT2D eigenvalue weighted by Crippen LogP contribution is -2.50. The molecule has 1 aromatic rings. The number of esters is 1. The molecule has 0 bridgehead atoms. The summed E-state index contributed by atoms with van der Waals surface area (Å²) in [7, 11) is 0. The van der Waals surface area contributed by atoms with Crippen LogP contribution in [0.15, 0.2) is 30.3 Å². The van der Waals surface area contributed by atoms with Crippen LogP contribution in [-0.2, 0) is 14.3 Å². The fraction of sp³-hybridized carbons (Fsp3) is 0.421. The molecule has 1 rings (SSSR count). The number of nitrogens with one attached hydrogen (secondary N) is 2. The van der Waals surface area contributed by atoms with Gasteiger partial charge in [-0.15, -0.1) is 0 Å². The fourth-order valence-corrected chi connectivity index (χ4v) is 1.86. The Bertz CT molecular complexity index is 660. The zero-order chi connectivity index (χ0) is 19.7. The monoisotopic (exact) mass is 362 g/mol. The van der Waals surface area contributed by atoms with Crippen LogP contribution in [0.25, 0.3) is 6.08 Å². The summed E-state index contributed by atoms with van der Waals surface area (Å²) in [4.78, 5) is 35.3. The van der Waals surface area contributed by atoms with Crippen LogP contribution in [-0.4, -0.2) is 36.2 Å². The van der Waals surface area contributed by atoms with Crippen molar-refractivity contribution >= 4 is 24.0 Å². The molecule has 26 heavy (non-hydrogen) atoms. The van der Waals surface area contributed by atoms with Gasteiger partial charge in [0.1, 0.15) is 5.75 Å². The molecule has 7 heteroatoms. The number of benzene rings is 1. The topological polar surface area (TPSA) is 93.7 Å². The van der Waals surface area contributed by atoms with Crippen LogP contribution in [0.3, 0.4) is 0 Å². The maximum absolute atomic E-state index is 11.9. The van der Waals surface area contributed by atoms with Crippen molar-refractivity contribution in [2.75, 3.05) is 6.61 Å². The largest absolute Gasteiger partial charge is 0.494 e. The summed E-state index contributed by atoms with van der Waals surface area (Å²) in [5.41, 5.74) is 0.303. The second kappa shape index (κ2) is 9.60. The lowest BCUT2D eigenvalue weighted by molar-refractivity contribution is -0.149. The number of imide groups is 1. The summed E-state index contributed by atoms with van der Waals surface area (Å²) in [6.45, 7) is 9.22.